The first kappa shape index (κ1) is 14.1. The van der Waals surface area contributed by atoms with E-state index in [0.29, 0.717) is 19.6 Å². The number of H-pyrrole nitrogens is 1. The van der Waals surface area contributed by atoms with Crippen LogP contribution in [-0.2, 0) is 17.6 Å². The number of hydrogen-bond acceptors (Lipinski definition) is 2. The third kappa shape index (κ3) is 1.93. The second kappa shape index (κ2) is 5.10. The molecule has 124 valence electrons. The second-order valence-electron chi connectivity index (χ2n) is 7.34. The number of benzene rings is 1. The third-order valence-electron chi connectivity index (χ3n) is 5.97. The van der Waals surface area contributed by atoms with Gasteiger partial charge in [-0.25, -0.2) is 0 Å². The normalized spacial score (nSPS) is 25.7. The summed E-state index contributed by atoms with van der Waals surface area (Å²) in [6.45, 7) is 1.93. The van der Waals surface area contributed by atoms with Crippen molar-refractivity contribution in [1.29, 1.82) is 0 Å². The predicted octanol–water partition coefficient (Wildman–Crippen LogP) is 1.86. The van der Waals surface area contributed by atoms with Crippen molar-refractivity contribution in [3.63, 3.8) is 0 Å². The Kier molecular flexibility index (Phi) is 2.99. The highest BCUT2D eigenvalue weighted by molar-refractivity contribution is 6.07. The molecule has 0 unspecified atom stereocenters. The molecule has 2 aromatic rings. The molecule has 1 aromatic heterocycles. The van der Waals surface area contributed by atoms with Gasteiger partial charge in [0.2, 0.25) is 5.91 Å². The lowest BCUT2D eigenvalue weighted by Gasteiger charge is -2.18. The third-order valence-corrected chi connectivity index (χ3v) is 5.97. The number of hydrogen-bond donors (Lipinski definition) is 2. The maximum atomic E-state index is 13.1. The number of aromatic nitrogens is 1. The highest BCUT2D eigenvalue weighted by Crippen LogP contribution is 2.33. The van der Waals surface area contributed by atoms with Crippen molar-refractivity contribution in [3.8, 4) is 0 Å². The summed E-state index contributed by atoms with van der Waals surface area (Å²) < 4.78 is 0. The van der Waals surface area contributed by atoms with Crippen LogP contribution in [0, 0.1) is 11.8 Å². The highest BCUT2D eigenvalue weighted by Gasteiger charge is 2.43. The van der Waals surface area contributed by atoms with E-state index in [4.69, 9.17) is 0 Å². The molecule has 2 N–H and O–H groups in total. The Morgan fingerprint density at radius 3 is 2.92 bits per heavy atom. The van der Waals surface area contributed by atoms with Gasteiger partial charge >= 0.3 is 0 Å². The van der Waals surface area contributed by atoms with Crippen LogP contribution in [0.1, 0.15) is 34.5 Å². The number of likely N-dealkylation sites (tertiary alicyclic amines) is 1. The van der Waals surface area contributed by atoms with Gasteiger partial charge in [0, 0.05) is 36.6 Å². The molecule has 2 atom stereocenters. The van der Waals surface area contributed by atoms with Crippen LogP contribution in [0.2, 0.25) is 0 Å². The fraction of sp³-hybridized carbons (Fsp3) is 0.474. The van der Waals surface area contributed by atoms with Crippen LogP contribution in [0.15, 0.2) is 18.2 Å². The summed E-state index contributed by atoms with van der Waals surface area (Å²) in [5, 5.41) is 4.10. The van der Waals surface area contributed by atoms with Gasteiger partial charge in [-0.1, -0.05) is 12.1 Å². The molecule has 1 aliphatic carbocycles. The molecule has 0 radical (unpaired) electrons. The number of para-hydroxylation sites is 1. The number of carbonyl (C=O) groups is 2. The number of rotatable bonds is 1. The molecule has 2 saturated heterocycles. The molecule has 2 aliphatic heterocycles. The second-order valence-corrected chi connectivity index (χ2v) is 7.34. The summed E-state index contributed by atoms with van der Waals surface area (Å²) in [4.78, 5) is 30.3. The summed E-state index contributed by atoms with van der Waals surface area (Å²) in [7, 11) is 0. The minimum absolute atomic E-state index is 0.0231. The van der Waals surface area contributed by atoms with Crippen molar-refractivity contribution in [2.45, 2.75) is 25.7 Å². The molecule has 0 spiro atoms. The fourth-order valence-electron chi connectivity index (χ4n) is 4.68. The minimum atomic E-state index is -0.0231. The number of carbonyl (C=O) groups excluding carboxylic acids is 2. The van der Waals surface area contributed by atoms with Crippen LogP contribution in [0.3, 0.4) is 0 Å². The van der Waals surface area contributed by atoms with E-state index in [9.17, 15) is 9.59 Å². The maximum absolute atomic E-state index is 13.1. The number of amides is 2. The summed E-state index contributed by atoms with van der Waals surface area (Å²) >= 11 is 0. The first-order chi connectivity index (χ1) is 11.7. The summed E-state index contributed by atoms with van der Waals surface area (Å²) in [6.07, 6.45) is 4.61. The van der Waals surface area contributed by atoms with Crippen molar-refractivity contribution >= 4 is 22.7 Å². The Hall–Kier alpha value is -2.30. The number of aryl methyl sites for hydroxylation is 2. The van der Waals surface area contributed by atoms with Crippen LogP contribution >= 0.6 is 0 Å². The van der Waals surface area contributed by atoms with Gasteiger partial charge in [-0.3, -0.25) is 9.59 Å². The largest absolute Gasteiger partial charge is 0.358 e. The van der Waals surface area contributed by atoms with Crippen molar-refractivity contribution in [2.75, 3.05) is 19.6 Å². The van der Waals surface area contributed by atoms with Gasteiger partial charge < -0.3 is 15.2 Å². The molecule has 5 rings (SSSR count). The first-order valence-electron chi connectivity index (χ1n) is 8.92. The van der Waals surface area contributed by atoms with Gasteiger partial charge in [0.25, 0.3) is 5.91 Å². The van der Waals surface area contributed by atoms with E-state index in [-0.39, 0.29) is 23.7 Å². The lowest BCUT2D eigenvalue weighted by molar-refractivity contribution is -0.122. The molecule has 1 aromatic carbocycles. The van der Waals surface area contributed by atoms with Gasteiger partial charge in [0.15, 0.2) is 0 Å². The quantitative estimate of drug-likeness (QED) is 0.841. The molecule has 0 saturated carbocycles. The predicted molar refractivity (Wildman–Crippen MR) is 90.8 cm³/mol. The molecule has 2 fully saturated rings. The average molecular weight is 323 g/mol. The molecule has 3 aliphatic rings. The topological polar surface area (TPSA) is 65.2 Å². The van der Waals surface area contributed by atoms with Crippen LogP contribution in [0.5, 0.6) is 0 Å². The highest BCUT2D eigenvalue weighted by atomic mass is 16.2. The van der Waals surface area contributed by atoms with Crippen LogP contribution in [-0.4, -0.2) is 41.3 Å². The molecule has 5 heteroatoms. The lowest BCUT2D eigenvalue weighted by Crippen LogP contribution is -2.33. The molecule has 5 nitrogen and oxygen atoms in total. The van der Waals surface area contributed by atoms with E-state index >= 15 is 0 Å². The number of aromatic amines is 1. The number of fused-ring (bicyclic) bond motifs is 4. The maximum Gasteiger partial charge on any atom is 0.256 e. The zero-order valence-corrected chi connectivity index (χ0v) is 13.6. The molecule has 2 amide bonds. The SMILES string of the molecule is O=C1NC[C@H]2CN(C(=O)c3cccc4c5c([nH]c34)CCCC5)C[C@@H]12. The van der Waals surface area contributed by atoms with Gasteiger partial charge in [0.05, 0.1) is 17.0 Å². The number of nitrogens with one attached hydrogen (secondary N) is 2. The van der Waals surface area contributed by atoms with E-state index in [1.165, 1.54) is 29.5 Å². The molecule has 3 heterocycles. The standard InChI is InChI=1S/C19H21N3O2/c23-18-15-10-22(9-11(15)8-20-18)19(24)14-6-3-5-13-12-4-1-2-7-16(12)21-17(13)14/h3,5-6,11,15,21H,1-2,4,7-10H2,(H,20,23)/t11-,15+/m0/s1. The number of nitrogens with zero attached hydrogens (tertiary/aromatic N) is 1. The Balaban J connectivity index is 1.51. The Labute approximate surface area is 140 Å². The minimum Gasteiger partial charge on any atom is -0.358 e. The Morgan fingerprint density at radius 2 is 2.04 bits per heavy atom. The van der Waals surface area contributed by atoms with Gasteiger partial charge in [-0.15, -0.1) is 0 Å². The van der Waals surface area contributed by atoms with Gasteiger partial charge in [0.1, 0.15) is 0 Å². The Morgan fingerprint density at radius 1 is 1.17 bits per heavy atom. The van der Waals surface area contributed by atoms with E-state index in [1.807, 2.05) is 17.0 Å². The van der Waals surface area contributed by atoms with Crippen LogP contribution < -0.4 is 5.32 Å². The summed E-state index contributed by atoms with van der Waals surface area (Å²) in [5.74, 6) is 0.410. The average Bonchev–Trinajstić information content (AvgIpc) is 3.28. The Bertz CT molecular complexity index is 854. The van der Waals surface area contributed by atoms with Gasteiger partial charge in [-0.2, -0.15) is 0 Å². The summed E-state index contributed by atoms with van der Waals surface area (Å²) in [6, 6.07) is 6.03. The summed E-state index contributed by atoms with van der Waals surface area (Å²) in [5.41, 5.74) is 4.43. The van der Waals surface area contributed by atoms with E-state index < -0.39 is 0 Å². The van der Waals surface area contributed by atoms with Crippen LogP contribution in [0.4, 0.5) is 0 Å². The van der Waals surface area contributed by atoms with Crippen molar-refractivity contribution < 1.29 is 9.59 Å². The molecular weight excluding hydrogens is 302 g/mol. The van der Waals surface area contributed by atoms with E-state index in [2.05, 4.69) is 16.4 Å². The van der Waals surface area contributed by atoms with E-state index in [1.54, 1.807) is 0 Å². The van der Waals surface area contributed by atoms with Crippen LogP contribution in [0.25, 0.3) is 10.9 Å². The monoisotopic (exact) mass is 323 g/mol. The smallest absolute Gasteiger partial charge is 0.256 e. The fourth-order valence-corrected chi connectivity index (χ4v) is 4.68. The van der Waals surface area contributed by atoms with Crippen molar-refractivity contribution in [1.82, 2.24) is 15.2 Å². The molecule has 0 bridgehead atoms. The molecular formula is C19H21N3O2. The zero-order valence-electron chi connectivity index (χ0n) is 13.6. The molecule has 24 heavy (non-hydrogen) atoms. The van der Waals surface area contributed by atoms with E-state index in [0.717, 1.165) is 23.9 Å². The van der Waals surface area contributed by atoms with Gasteiger partial charge in [-0.05, 0) is 37.3 Å². The van der Waals surface area contributed by atoms with Crippen molar-refractivity contribution in [3.05, 3.63) is 35.0 Å². The zero-order chi connectivity index (χ0) is 16.3. The first-order valence-corrected chi connectivity index (χ1v) is 8.92. The van der Waals surface area contributed by atoms with Crippen molar-refractivity contribution in [2.24, 2.45) is 11.8 Å². The lowest BCUT2D eigenvalue weighted by atomic mass is 9.95.